The van der Waals surface area contributed by atoms with Crippen molar-refractivity contribution in [2.45, 2.75) is 18.3 Å². The lowest BCUT2D eigenvalue weighted by Crippen LogP contribution is -2.46. The average molecular weight is 514 g/mol. The Kier molecular flexibility index (Phi) is 6.62. The molecule has 2 aliphatic rings. The fourth-order valence-corrected chi connectivity index (χ4v) is 5.49. The molecule has 1 aromatic heterocycles. The Morgan fingerprint density at radius 3 is 2.63 bits per heavy atom. The minimum absolute atomic E-state index is 0.175. The number of hydrogen-bond donors (Lipinski definition) is 0. The van der Waals surface area contributed by atoms with Gasteiger partial charge in [-0.3, -0.25) is 9.69 Å². The fraction of sp³-hybridized carbons (Fsp3) is 0.259. The van der Waals surface area contributed by atoms with Crippen LogP contribution < -0.4 is 4.90 Å². The van der Waals surface area contributed by atoms with Crippen molar-refractivity contribution in [2.75, 3.05) is 31.1 Å². The number of hydrogen-bond acceptors (Lipinski definition) is 3. The lowest BCUT2D eigenvalue weighted by Gasteiger charge is -2.39. The molecule has 1 fully saturated rings. The van der Waals surface area contributed by atoms with Crippen molar-refractivity contribution in [1.29, 1.82) is 0 Å². The summed E-state index contributed by atoms with van der Waals surface area (Å²) in [6.07, 6.45) is 6.68. The summed E-state index contributed by atoms with van der Waals surface area (Å²) in [5.41, 5.74) is 2.13. The summed E-state index contributed by atoms with van der Waals surface area (Å²) in [5, 5.41) is 0.630. The number of fused-ring (bicyclic) bond motifs is 2. The SMILES string of the molecule is O=C(c1ccnc(Cl)c1)N1CC2(CCN(CC=Cc3c(F)cccc3Cl)CC2)c2cc(F)ccc21. The highest BCUT2D eigenvalue weighted by Gasteiger charge is 2.46. The predicted octanol–water partition coefficient (Wildman–Crippen LogP) is 6.37. The van der Waals surface area contributed by atoms with E-state index in [1.54, 1.807) is 47.4 Å². The number of likely N-dealkylation sites (tertiary alicyclic amines) is 1. The van der Waals surface area contributed by atoms with E-state index in [1.807, 2.05) is 6.08 Å². The third-order valence-corrected chi connectivity index (χ3v) is 7.50. The van der Waals surface area contributed by atoms with Gasteiger partial charge in [0.25, 0.3) is 5.91 Å². The molecular formula is C27H23Cl2F2N3O. The number of anilines is 1. The molecule has 1 spiro atoms. The van der Waals surface area contributed by atoms with Gasteiger partial charge in [-0.05, 0) is 74.0 Å². The topological polar surface area (TPSA) is 36.4 Å². The zero-order valence-electron chi connectivity index (χ0n) is 18.9. The number of halogens is 4. The fourth-order valence-electron chi connectivity index (χ4n) is 5.09. The lowest BCUT2D eigenvalue weighted by molar-refractivity contribution is 0.0977. The number of pyridine rings is 1. The van der Waals surface area contributed by atoms with Crippen LogP contribution in [0.3, 0.4) is 0 Å². The summed E-state index contributed by atoms with van der Waals surface area (Å²) in [6, 6.07) is 12.5. The Morgan fingerprint density at radius 2 is 1.89 bits per heavy atom. The molecule has 35 heavy (non-hydrogen) atoms. The van der Waals surface area contributed by atoms with Crippen LogP contribution in [0.4, 0.5) is 14.5 Å². The number of amides is 1. The maximum Gasteiger partial charge on any atom is 0.258 e. The van der Waals surface area contributed by atoms with Crippen molar-refractivity contribution in [3.05, 3.63) is 99.3 Å². The van der Waals surface area contributed by atoms with Crippen molar-refractivity contribution in [3.8, 4) is 0 Å². The van der Waals surface area contributed by atoms with E-state index in [0.29, 0.717) is 29.2 Å². The average Bonchev–Trinajstić information content (AvgIpc) is 3.15. The number of carbonyl (C=O) groups excluding carboxylic acids is 1. The Hall–Kier alpha value is -2.80. The van der Waals surface area contributed by atoms with Crippen LogP contribution in [0.25, 0.3) is 6.08 Å². The van der Waals surface area contributed by atoms with Crippen molar-refractivity contribution < 1.29 is 13.6 Å². The minimum Gasteiger partial charge on any atom is -0.307 e. The summed E-state index contributed by atoms with van der Waals surface area (Å²) in [6.45, 7) is 2.68. The Labute approximate surface area is 212 Å². The molecule has 4 nitrogen and oxygen atoms in total. The number of rotatable bonds is 4. The first-order valence-electron chi connectivity index (χ1n) is 11.4. The predicted molar refractivity (Wildman–Crippen MR) is 135 cm³/mol. The van der Waals surface area contributed by atoms with Crippen molar-refractivity contribution in [3.63, 3.8) is 0 Å². The standard InChI is InChI=1S/C27H23Cl2F2N3O/c28-22-4-1-5-23(31)20(22)3-2-12-33-13-9-27(10-14-33)17-34(24-7-6-19(30)16-21(24)27)26(35)18-8-11-32-25(29)15-18/h1-8,11,15-16H,9-10,12-14,17H2. The van der Waals surface area contributed by atoms with Gasteiger partial charge >= 0.3 is 0 Å². The molecule has 0 atom stereocenters. The smallest absolute Gasteiger partial charge is 0.258 e. The van der Waals surface area contributed by atoms with Gasteiger partial charge in [0.15, 0.2) is 0 Å². The molecule has 3 heterocycles. The van der Waals surface area contributed by atoms with Crippen LogP contribution in [0.1, 0.15) is 34.3 Å². The number of benzene rings is 2. The van der Waals surface area contributed by atoms with Gasteiger partial charge in [-0.1, -0.05) is 41.4 Å². The van der Waals surface area contributed by atoms with E-state index in [1.165, 1.54) is 18.3 Å². The molecular weight excluding hydrogens is 491 g/mol. The van der Waals surface area contributed by atoms with Gasteiger partial charge in [-0.25, -0.2) is 13.8 Å². The zero-order valence-corrected chi connectivity index (χ0v) is 20.4. The molecule has 0 unspecified atom stereocenters. The summed E-state index contributed by atoms with van der Waals surface area (Å²) >= 11 is 12.1. The normalized spacial score (nSPS) is 17.3. The molecule has 0 saturated carbocycles. The summed E-state index contributed by atoms with van der Waals surface area (Å²) < 4.78 is 28.3. The molecule has 2 aromatic carbocycles. The van der Waals surface area contributed by atoms with Gasteiger partial charge in [-0.15, -0.1) is 0 Å². The second-order valence-electron chi connectivity index (χ2n) is 9.04. The second kappa shape index (κ2) is 9.69. The number of carbonyl (C=O) groups is 1. The van der Waals surface area contributed by atoms with Crippen molar-refractivity contribution >= 4 is 40.9 Å². The highest BCUT2D eigenvalue weighted by atomic mass is 35.5. The van der Waals surface area contributed by atoms with Crippen molar-refractivity contribution in [2.24, 2.45) is 0 Å². The molecule has 0 bridgehead atoms. The number of aromatic nitrogens is 1. The lowest BCUT2D eigenvalue weighted by atomic mass is 9.74. The highest BCUT2D eigenvalue weighted by Crippen LogP contribution is 2.47. The third-order valence-electron chi connectivity index (χ3n) is 6.96. The first kappa shape index (κ1) is 23.9. The molecule has 5 rings (SSSR count). The first-order chi connectivity index (χ1) is 16.9. The van der Waals surface area contributed by atoms with E-state index < -0.39 is 0 Å². The molecule has 0 radical (unpaired) electrons. The van der Waals surface area contributed by atoms with Crippen LogP contribution in [-0.2, 0) is 5.41 Å². The monoisotopic (exact) mass is 513 g/mol. The van der Waals surface area contributed by atoms with Gasteiger partial charge in [-0.2, -0.15) is 0 Å². The molecule has 180 valence electrons. The summed E-state index contributed by atoms with van der Waals surface area (Å²) in [7, 11) is 0. The van der Waals surface area contributed by atoms with E-state index in [4.69, 9.17) is 23.2 Å². The third kappa shape index (κ3) is 4.70. The minimum atomic E-state index is -0.351. The number of nitrogens with zero attached hydrogens (tertiary/aromatic N) is 3. The van der Waals surface area contributed by atoms with E-state index in [0.717, 1.165) is 37.2 Å². The van der Waals surface area contributed by atoms with Gasteiger partial charge in [0, 0.05) is 41.5 Å². The first-order valence-corrected chi connectivity index (χ1v) is 12.2. The van der Waals surface area contributed by atoms with Crippen LogP contribution in [0.2, 0.25) is 10.2 Å². The van der Waals surface area contributed by atoms with Gasteiger partial charge in [0.1, 0.15) is 16.8 Å². The van der Waals surface area contributed by atoms with Crippen LogP contribution in [0.15, 0.2) is 60.8 Å². The summed E-state index contributed by atoms with van der Waals surface area (Å²) in [5.74, 6) is -0.834. The highest BCUT2D eigenvalue weighted by molar-refractivity contribution is 6.32. The van der Waals surface area contributed by atoms with Crippen LogP contribution in [0.5, 0.6) is 0 Å². The van der Waals surface area contributed by atoms with Gasteiger partial charge in [0.05, 0.1) is 5.02 Å². The van der Waals surface area contributed by atoms with Gasteiger partial charge in [0.2, 0.25) is 0 Å². The molecule has 1 amide bonds. The van der Waals surface area contributed by atoms with Crippen LogP contribution in [-0.4, -0.2) is 42.0 Å². The van der Waals surface area contributed by atoms with Gasteiger partial charge < -0.3 is 4.90 Å². The second-order valence-corrected chi connectivity index (χ2v) is 9.83. The molecule has 0 aliphatic carbocycles. The van der Waals surface area contributed by atoms with Crippen molar-refractivity contribution in [1.82, 2.24) is 9.88 Å². The van der Waals surface area contributed by atoms with E-state index >= 15 is 0 Å². The Balaban J connectivity index is 1.32. The molecule has 8 heteroatoms. The van der Waals surface area contributed by atoms with E-state index in [2.05, 4.69) is 9.88 Å². The Morgan fingerprint density at radius 1 is 1.09 bits per heavy atom. The maximum absolute atomic E-state index is 14.3. The van der Waals surface area contributed by atoms with E-state index in [9.17, 15) is 13.6 Å². The Bertz CT molecular complexity index is 1290. The molecule has 1 saturated heterocycles. The zero-order chi connectivity index (χ0) is 24.6. The van der Waals surface area contributed by atoms with Crippen LogP contribution in [0, 0.1) is 11.6 Å². The molecule has 0 N–H and O–H groups in total. The quantitative estimate of drug-likeness (QED) is 0.380. The van der Waals surface area contributed by atoms with E-state index in [-0.39, 0.29) is 28.1 Å². The molecule has 3 aromatic rings. The summed E-state index contributed by atoms with van der Waals surface area (Å²) in [4.78, 5) is 21.3. The molecule has 2 aliphatic heterocycles. The van der Waals surface area contributed by atoms with Crippen LogP contribution >= 0.6 is 23.2 Å². The number of piperidine rings is 1. The maximum atomic E-state index is 14.3. The largest absolute Gasteiger partial charge is 0.307 e.